The van der Waals surface area contributed by atoms with Crippen molar-refractivity contribution in [3.63, 3.8) is 0 Å². The van der Waals surface area contributed by atoms with E-state index in [-0.39, 0.29) is 23.2 Å². The van der Waals surface area contributed by atoms with Gasteiger partial charge in [0.05, 0.1) is 17.6 Å². The molecule has 2 aromatic rings. The molecule has 1 aromatic carbocycles. The Kier molecular flexibility index (Phi) is 3.79. The van der Waals surface area contributed by atoms with Crippen LogP contribution in [-0.4, -0.2) is 21.5 Å². The third kappa shape index (κ3) is 3.09. The molecule has 1 aromatic heterocycles. The van der Waals surface area contributed by atoms with E-state index in [0.717, 1.165) is 0 Å². The van der Waals surface area contributed by atoms with Crippen LogP contribution in [0, 0.1) is 5.82 Å². The van der Waals surface area contributed by atoms with Gasteiger partial charge in [-0.15, -0.1) is 0 Å². The number of hydrogen-bond donors (Lipinski definition) is 2. The van der Waals surface area contributed by atoms with Crippen molar-refractivity contribution in [2.24, 2.45) is 0 Å². The lowest BCUT2D eigenvalue weighted by atomic mass is 10.1. The van der Waals surface area contributed by atoms with Crippen molar-refractivity contribution in [3.8, 4) is 0 Å². The van der Waals surface area contributed by atoms with Crippen LogP contribution in [0.25, 0.3) is 0 Å². The van der Waals surface area contributed by atoms with Gasteiger partial charge in [0.25, 0.3) is 5.91 Å². The molecule has 2 rings (SSSR count). The summed E-state index contributed by atoms with van der Waals surface area (Å²) in [6.07, 6.45) is 5.14. The van der Waals surface area contributed by atoms with Crippen molar-refractivity contribution in [2.45, 2.75) is 19.5 Å². The second kappa shape index (κ2) is 5.51. The van der Waals surface area contributed by atoms with E-state index in [1.54, 1.807) is 18.7 Å². The zero-order valence-corrected chi connectivity index (χ0v) is 10.5. The highest BCUT2D eigenvalue weighted by atomic mass is 19.1. The summed E-state index contributed by atoms with van der Waals surface area (Å²) in [5.74, 6) is -0.973. The summed E-state index contributed by atoms with van der Waals surface area (Å²) in [6, 6.07) is 4.06. The van der Waals surface area contributed by atoms with Crippen molar-refractivity contribution in [1.82, 2.24) is 14.9 Å². The third-order valence-corrected chi connectivity index (χ3v) is 2.72. The standard InChI is InChI=1S/C13H15FN4O/c1-9(7-18-6-5-16-8-18)17-13(19)10-3-2-4-11(14)12(10)15/h2-6,8-9H,7,15H2,1H3,(H,17,19). The molecule has 100 valence electrons. The average molecular weight is 262 g/mol. The molecule has 0 saturated carbocycles. The largest absolute Gasteiger partial charge is 0.396 e. The van der Waals surface area contributed by atoms with Crippen LogP contribution in [0.1, 0.15) is 17.3 Å². The number of nitrogens with two attached hydrogens (primary N) is 1. The van der Waals surface area contributed by atoms with Crippen LogP contribution in [-0.2, 0) is 6.54 Å². The molecule has 1 heterocycles. The fourth-order valence-electron chi connectivity index (χ4n) is 1.79. The van der Waals surface area contributed by atoms with Crippen LogP contribution in [0.3, 0.4) is 0 Å². The van der Waals surface area contributed by atoms with Crippen LogP contribution >= 0.6 is 0 Å². The van der Waals surface area contributed by atoms with Gasteiger partial charge in [0.15, 0.2) is 0 Å². The van der Waals surface area contributed by atoms with Gasteiger partial charge in [-0.25, -0.2) is 9.37 Å². The van der Waals surface area contributed by atoms with Crippen LogP contribution in [0.2, 0.25) is 0 Å². The summed E-state index contributed by atoms with van der Waals surface area (Å²) in [7, 11) is 0. The molecule has 1 atom stereocenters. The van der Waals surface area contributed by atoms with Crippen LogP contribution < -0.4 is 11.1 Å². The number of aromatic nitrogens is 2. The second-order valence-electron chi connectivity index (χ2n) is 4.34. The molecule has 0 bridgehead atoms. The van der Waals surface area contributed by atoms with E-state index < -0.39 is 5.82 Å². The Balaban J connectivity index is 2.02. The number of para-hydroxylation sites is 1. The number of halogens is 1. The smallest absolute Gasteiger partial charge is 0.253 e. The minimum absolute atomic E-state index is 0.121. The van der Waals surface area contributed by atoms with Crippen molar-refractivity contribution < 1.29 is 9.18 Å². The van der Waals surface area contributed by atoms with E-state index in [1.165, 1.54) is 18.2 Å². The third-order valence-electron chi connectivity index (χ3n) is 2.72. The molecule has 0 saturated heterocycles. The quantitative estimate of drug-likeness (QED) is 0.818. The van der Waals surface area contributed by atoms with Gasteiger partial charge >= 0.3 is 0 Å². The number of hydrogen-bond acceptors (Lipinski definition) is 3. The normalized spacial score (nSPS) is 12.1. The number of nitrogen functional groups attached to an aromatic ring is 1. The zero-order chi connectivity index (χ0) is 13.8. The Hall–Kier alpha value is -2.37. The summed E-state index contributed by atoms with van der Waals surface area (Å²) in [5, 5.41) is 2.77. The van der Waals surface area contributed by atoms with Crippen molar-refractivity contribution in [1.29, 1.82) is 0 Å². The van der Waals surface area contributed by atoms with E-state index >= 15 is 0 Å². The van der Waals surface area contributed by atoms with Gasteiger partial charge < -0.3 is 15.6 Å². The van der Waals surface area contributed by atoms with Crippen LogP contribution in [0.15, 0.2) is 36.9 Å². The Labute approximate surface area is 110 Å². The van der Waals surface area contributed by atoms with Gasteiger partial charge in [-0.05, 0) is 19.1 Å². The molecule has 0 spiro atoms. The summed E-state index contributed by atoms with van der Waals surface area (Å²) in [4.78, 5) is 15.9. The van der Waals surface area contributed by atoms with Gasteiger partial charge in [0.2, 0.25) is 0 Å². The Bertz CT molecular complexity index is 568. The summed E-state index contributed by atoms with van der Waals surface area (Å²) >= 11 is 0. The summed E-state index contributed by atoms with van der Waals surface area (Å²) in [5.41, 5.74) is 5.56. The molecule has 0 fully saturated rings. The lowest BCUT2D eigenvalue weighted by Crippen LogP contribution is -2.35. The number of carbonyl (C=O) groups is 1. The van der Waals surface area contributed by atoms with E-state index in [2.05, 4.69) is 10.3 Å². The maximum atomic E-state index is 13.3. The molecule has 0 radical (unpaired) electrons. The SMILES string of the molecule is CC(Cn1ccnc1)NC(=O)c1cccc(F)c1N. The first-order valence-electron chi connectivity index (χ1n) is 5.88. The maximum absolute atomic E-state index is 13.3. The fourth-order valence-corrected chi connectivity index (χ4v) is 1.79. The molecule has 19 heavy (non-hydrogen) atoms. The molecule has 3 N–H and O–H groups in total. The predicted octanol–water partition coefficient (Wildman–Crippen LogP) is 1.42. The van der Waals surface area contributed by atoms with Gasteiger partial charge in [-0.2, -0.15) is 0 Å². The molecule has 1 amide bonds. The molecule has 0 aliphatic carbocycles. The van der Waals surface area contributed by atoms with Gasteiger partial charge in [-0.1, -0.05) is 6.07 Å². The Morgan fingerprint density at radius 2 is 2.37 bits per heavy atom. The lowest BCUT2D eigenvalue weighted by Gasteiger charge is -2.15. The lowest BCUT2D eigenvalue weighted by molar-refractivity contribution is 0.0937. The van der Waals surface area contributed by atoms with Crippen molar-refractivity contribution in [2.75, 3.05) is 5.73 Å². The Morgan fingerprint density at radius 1 is 1.58 bits per heavy atom. The highest BCUT2D eigenvalue weighted by molar-refractivity contribution is 5.99. The van der Waals surface area contributed by atoms with Crippen LogP contribution in [0.5, 0.6) is 0 Å². The van der Waals surface area contributed by atoms with Gasteiger partial charge in [0.1, 0.15) is 5.82 Å². The average Bonchev–Trinajstić information content (AvgIpc) is 2.85. The predicted molar refractivity (Wildman–Crippen MR) is 70.0 cm³/mol. The van der Waals surface area contributed by atoms with E-state index in [9.17, 15) is 9.18 Å². The molecule has 1 unspecified atom stereocenters. The number of carbonyl (C=O) groups excluding carboxylic acids is 1. The zero-order valence-electron chi connectivity index (χ0n) is 10.5. The van der Waals surface area contributed by atoms with Crippen LogP contribution in [0.4, 0.5) is 10.1 Å². The highest BCUT2D eigenvalue weighted by Crippen LogP contribution is 2.15. The topological polar surface area (TPSA) is 72.9 Å². The summed E-state index contributed by atoms with van der Waals surface area (Å²) < 4.78 is 15.1. The number of amides is 1. The molecule has 5 nitrogen and oxygen atoms in total. The second-order valence-corrected chi connectivity index (χ2v) is 4.34. The Morgan fingerprint density at radius 3 is 3.05 bits per heavy atom. The fraction of sp³-hybridized carbons (Fsp3) is 0.231. The molecule has 0 aliphatic rings. The summed E-state index contributed by atoms with van der Waals surface area (Å²) in [6.45, 7) is 2.44. The molecular formula is C13H15FN4O. The minimum Gasteiger partial charge on any atom is -0.396 e. The number of benzene rings is 1. The number of imidazole rings is 1. The maximum Gasteiger partial charge on any atom is 0.253 e. The minimum atomic E-state index is -0.588. The first kappa shape index (κ1) is 13.1. The molecule has 6 heteroatoms. The number of nitrogens with zero attached hydrogens (tertiary/aromatic N) is 2. The first-order valence-corrected chi connectivity index (χ1v) is 5.88. The molecular weight excluding hydrogens is 247 g/mol. The van der Waals surface area contributed by atoms with E-state index in [1.807, 2.05) is 11.5 Å². The van der Waals surface area contributed by atoms with E-state index in [0.29, 0.717) is 6.54 Å². The van der Waals surface area contributed by atoms with Crippen molar-refractivity contribution in [3.05, 3.63) is 48.3 Å². The number of nitrogens with one attached hydrogen (secondary N) is 1. The highest BCUT2D eigenvalue weighted by Gasteiger charge is 2.14. The monoisotopic (exact) mass is 262 g/mol. The van der Waals surface area contributed by atoms with Gasteiger partial charge in [-0.3, -0.25) is 4.79 Å². The number of anilines is 1. The number of rotatable bonds is 4. The first-order chi connectivity index (χ1) is 9.08. The van der Waals surface area contributed by atoms with Crippen molar-refractivity contribution >= 4 is 11.6 Å². The molecule has 0 aliphatic heterocycles. The van der Waals surface area contributed by atoms with Gasteiger partial charge in [0, 0.05) is 25.0 Å². The van der Waals surface area contributed by atoms with E-state index in [4.69, 9.17) is 5.73 Å².